The lowest BCUT2D eigenvalue weighted by atomic mass is 9.70. The minimum atomic E-state index is -0.487. The number of ether oxygens (including phenoxy) is 1. The highest BCUT2D eigenvalue weighted by atomic mass is 16.6. The summed E-state index contributed by atoms with van der Waals surface area (Å²) in [6, 6.07) is 8.43. The predicted molar refractivity (Wildman–Crippen MR) is 161 cm³/mol. The first-order chi connectivity index (χ1) is 18.8. The van der Waals surface area contributed by atoms with Crippen molar-refractivity contribution in [3.63, 3.8) is 0 Å². The molecule has 0 aliphatic heterocycles. The average molecular weight is 551 g/mol. The second-order valence-electron chi connectivity index (χ2n) is 13.9. The molecule has 0 radical (unpaired) electrons. The van der Waals surface area contributed by atoms with Crippen molar-refractivity contribution < 1.29 is 14.3 Å². The van der Waals surface area contributed by atoms with Gasteiger partial charge in [-0.05, 0) is 103 Å². The molecule has 2 fully saturated rings. The van der Waals surface area contributed by atoms with E-state index < -0.39 is 5.60 Å². The van der Waals surface area contributed by atoms with Crippen LogP contribution < -0.4 is 10.6 Å². The highest BCUT2D eigenvalue weighted by molar-refractivity contribution is 5.78. The number of carbonyl (C=O) groups is 2. The molecule has 1 heterocycles. The van der Waals surface area contributed by atoms with Gasteiger partial charge in [0.2, 0.25) is 5.91 Å². The normalized spacial score (nSPS) is 23.1. The van der Waals surface area contributed by atoms with Crippen molar-refractivity contribution in [2.24, 2.45) is 11.3 Å². The van der Waals surface area contributed by atoms with Crippen LogP contribution in [0, 0.1) is 11.3 Å². The van der Waals surface area contributed by atoms with Crippen LogP contribution in [-0.2, 0) is 16.1 Å². The number of nitrogens with zero attached hydrogens (tertiary/aromatic N) is 2. The Balaban J connectivity index is 1.38. The van der Waals surface area contributed by atoms with E-state index in [0.29, 0.717) is 31.3 Å². The Kier molecular flexibility index (Phi) is 9.31. The quantitative estimate of drug-likeness (QED) is 0.355. The first-order valence-electron chi connectivity index (χ1n) is 15.2. The summed E-state index contributed by atoms with van der Waals surface area (Å²) in [5, 5.41) is 6.34. The standard InChI is InChI=1S/C33H50N4O3/c1-22(2)25-16-18-33(6,7)28(20-25)36-29(38)17-19-37-27-11-9-8-10-26(27)35-30(37)24-14-12-23(13-15-24)21-34-31(39)40-32(3,4)5/h8-11,23-24,28H,12-21H2,1-7H3,(H,34,39)(H,36,38). The summed E-state index contributed by atoms with van der Waals surface area (Å²) in [6.07, 6.45) is 7.40. The van der Waals surface area contributed by atoms with Crippen molar-refractivity contribution in [3.05, 3.63) is 41.2 Å². The minimum absolute atomic E-state index is 0.0957. The van der Waals surface area contributed by atoms with Gasteiger partial charge in [0.25, 0.3) is 0 Å². The molecule has 2 aromatic rings. The summed E-state index contributed by atoms with van der Waals surface area (Å²) in [7, 11) is 0. The third kappa shape index (κ3) is 7.67. The first-order valence-corrected chi connectivity index (χ1v) is 15.2. The number of amides is 2. The number of hydrogen-bond acceptors (Lipinski definition) is 4. The number of rotatable bonds is 7. The number of hydrogen-bond donors (Lipinski definition) is 2. The van der Waals surface area contributed by atoms with E-state index >= 15 is 0 Å². The zero-order valence-corrected chi connectivity index (χ0v) is 25.7. The Bertz CT molecular complexity index is 1220. The number of benzene rings is 1. The summed E-state index contributed by atoms with van der Waals surface area (Å²) in [5.41, 5.74) is 4.58. The van der Waals surface area contributed by atoms with Crippen LogP contribution in [0.1, 0.15) is 112 Å². The van der Waals surface area contributed by atoms with Gasteiger partial charge in [0, 0.05) is 31.5 Å². The topological polar surface area (TPSA) is 85.2 Å². The van der Waals surface area contributed by atoms with E-state index in [2.05, 4.69) is 61.1 Å². The van der Waals surface area contributed by atoms with Crippen LogP contribution in [0.25, 0.3) is 11.0 Å². The average Bonchev–Trinajstić information content (AvgIpc) is 3.25. The number of carbonyl (C=O) groups excluding carboxylic acids is 2. The van der Waals surface area contributed by atoms with E-state index in [1.807, 2.05) is 26.8 Å². The lowest BCUT2D eigenvalue weighted by Crippen LogP contribution is -2.47. The van der Waals surface area contributed by atoms with Crippen molar-refractivity contribution in [3.8, 4) is 0 Å². The van der Waals surface area contributed by atoms with Crippen molar-refractivity contribution in [2.75, 3.05) is 6.54 Å². The molecule has 7 nitrogen and oxygen atoms in total. The van der Waals surface area contributed by atoms with Crippen LogP contribution in [0.3, 0.4) is 0 Å². The maximum Gasteiger partial charge on any atom is 0.407 e. The SMILES string of the molecule is CC(C)=C1CCC(C)(C)C(NC(=O)CCn2c(C3CCC(CNC(=O)OC(C)(C)C)CC3)nc3ccccc32)C1. The molecule has 0 bridgehead atoms. The van der Waals surface area contributed by atoms with Crippen molar-refractivity contribution >= 4 is 23.0 Å². The Labute approximate surface area is 240 Å². The van der Waals surface area contributed by atoms with E-state index in [4.69, 9.17) is 9.72 Å². The molecule has 2 N–H and O–H groups in total. The number of fused-ring (bicyclic) bond motifs is 1. The van der Waals surface area contributed by atoms with E-state index in [0.717, 1.165) is 61.8 Å². The van der Waals surface area contributed by atoms with Gasteiger partial charge in [-0.2, -0.15) is 0 Å². The van der Waals surface area contributed by atoms with Crippen LogP contribution in [0.2, 0.25) is 0 Å². The fraction of sp³-hybridized carbons (Fsp3) is 0.667. The molecular weight excluding hydrogens is 500 g/mol. The van der Waals surface area contributed by atoms with Gasteiger partial charge in [0.05, 0.1) is 11.0 Å². The minimum Gasteiger partial charge on any atom is -0.444 e. The first kappa shape index (κ1) is 30.1. The van der Waals surface area contributed by atoms with Gasteiger partial charge in [0.1, 0.15) is 11.4 Å². The highest BCUT2D eigenvalue weighted by Gasteiger charge is 2.35. The fourth-order valence-corrected chi connectivity index (χ4v) is 6.26. The van der Waals surface area contributed by atoms with Crippen LogP contribution >= 0.6 is 0 Å². The number of imidazole rings is 1. The van der Waals surface area contributed by atoms with Gasteiger partial charge in [-0.3, -0.25) is 4.79 Å². The number of allylic oxidation sites excluding steroid dienone is 1. The Morgan fingerprint density at radius 2 is 1.80 bits per heavy atom. The molecule has 220 valence electrons. The summed E-state index contributed by atoms with van der Waals surface area (Å²) in [6.45, 7) is 15.8. The summed E-state index contributed by atoms with van der Waals surface area (Å²) in [5.74, 6) is 2.01. The van der Waals surface area contributed by atoms with Crippen LogP contribution in [0.15, 0.2) is 35.4 Å². The molecule has 2 aliphatic rings. The molecule has 40 heavy (non-hydrogen) atoms. The van der Waals surface area contributed by atoms with E-state index in [1.54, 1.807) is 0 Å². The van der Waals surface area contributed by atoms with Crippen LogP contribution in [0.5, 0.6) is 0 Å². The van der Waals surface area contributed by atoms with Gasteiger partial charge >= 0.3 is 6.09 Å². The lowest BCUT2D eigenvalue weighted by molar-refractivity contribution is -0.123. The van der Waals surface area contributed by atoms with Crippen molar-refractivity contribution in [1.82, 2.24) is 20.2 Å². The number of aryl methyl sites for hydroxylation is 1. The van der Waals surface area contributed by atoms with Gasteiger partial charge in [0.15, 0.2) is 0 Å². The number of para-hydroxylation sites is 2. The molecule has 1 aromatic carbocycles. The molecule has 1 aromatic heterocycles. The van der Waals surface area contributed by atoms with Crippen molar-refractivity contribution in [2.45, 2.75) is 124 Å². The largest absolute Gasteiger partial charge is 0.444 e. The smallest absolute Gasteiger partial charge is 0.407 e. The summed E-state index contributed by atoms with van der Waals surface area (Å²) < 4.78 is 7.68. The third-order valence-corrected chi connectivity index (χ3v) is 8.90. The number of nitrogens with one attached hydrogen (secondary N) is 2. The monoisotopic (exact) mass is 550 g/mol. The van der Waals surface area contributed by atoms with Crippen LogP contribution in [0.4, 0.5) is 4.79 Å². The molecule has 2 saturated carbocycles. The van der Waals surface area contributed by atoms with Gasteiger partial charge < -0.3 is 19.9 Å². The van der Waals surface area contributed by atoms with Crippen molar-refractivity contribution in [1.29, 1.82) is 0 Å². The molecular formula is C33H50N4O3. The molecule has 0 saturated heterocycles. The molecule has 2 aliphatic carbocycles. The second kappa shape index (κ2) is 12.4. The van der Waals surface area contributed by atoms with Gasteiger partial charge in [-0.15, -0.1) is 0 Å². The van der Waals surface area contributed by atoms with Crippen LogP contribution in [-0.4, -0.2) is 39.7 Å². The summed E-state index contributed by atoms with van der Waals surface area (Å²) in [4.78, 5) is 30.4. The number of alkyl carbamates (subject to hydrolysis) is 1. The zero-order chi connectivity index (χ0) is 29.1. The Hall–Kier alpha value is -2.83. The molecule has 0 spiro atoms. The van der Waals surface area contributed by atoms with Gasteiger partial charge in [-0.25, -0.2) is 9.78 Å². The lowest BCUT2D eigenvalue weighted by Gasteiger charge is -2.40. The maximum absolute atomic E-state index is 13.2. The van der Waals surface area contributed by atoms with E-state index in [1.165, 1.54) is 11.1 Å². The van der Waals surface area contributed by atoms with E-state index in [-0.39, 0.29) is 23.5 Å². The molecule has 1 atom stereocenters. The predicted octanol–water partition coefficient (Wildman–Crippen LogP) is 7.26. The molecule has 7 heteroatoms. The van der Waals surface area contributed by atoms with E-state index in [9.17, 15) is 9.59 Å². The highest BCUT2D eigenvalue weighted by Crippen LogP contribution is 2.40. The second-order valence-corrected chi connectivity index (χ2v) is 13.9. The fourth-order valence-electron chi connectivity index (χ4n) is 6.26. The third-order valence-electron chi connectivity index (χ3n) is 8.90. The zero-order valence-electron chi connectivity index (χ0n) is 25.7. The number of aromatic nitrogens is 2. The Morgan fingerprint density at radius 1 is 1.10 bits per heavy atom. The summed E-state index contributed by atoms with van der Waals surface area (Å²) >= 11 is 0. The van der Waals surface area contributed by atoms with Gasteiger partial charge in [-0.1, -0.05) is 37.1 Å². The molecule has 2 amide bonds. The molecule has 4 rings (SSSR count). The maximum atomic E-state index is 13.2. The molecule has 1 unspecified atom stereocenters. The Morgan fingerprint density at radius 3 is 2.48 bits per heavy atom.